The van der Waals surface area contributed by atoms with Crippen LogP contribution >= 0.6 is 0 Å². The first-order chi connectivity index (χ1) is 8.68. The SMILES string of the molecule is O=S(=O)(O)C(CO)(CO)C(CO)(S(=O)(=O)O)S(=O)(=O)O. The number of hydrogen-bond acceptors (Lipinski definition) is 9. The molecule has 12 nitrogen and oxygen atoms in total. The molecule has 0 aliphatic carbocycles. The molecule has 0 aromatic rings. The van der Waals surface area contributed by atoms with E-state index in [0.717, 1.165) is 0 Å². The van der Waals surface area contributed by atoms with Crippen molar-refractivity contribution in [2.24, 2.45) is 0 Å². The molecule has 0 saturated carbocycles. The number of rotatable bonds is 7. The summed E-state index contributed by atoms with van der Waals surface area (Å²) in [5, 5.41) is 26.8. The smallest absolute Gasteiger partial charge is 0.292 e. The van der Waals surface area contributed by atoms with Crippen LogP contribution < -0.4 is 0 Å². The molecule has 0 heterocycles. The standard InChI is InChI=1S/C5H12O12S3/c6-1-4(2-7,18(9,10)11)5(3-8,19(12,13)14)20(15,16)17/h6-8H,1-3H2,(H,9,10,11)(H,12,13,14)(H,15,16,17). The van der Waals surface area contributed by atoms with Crippen LogP contribution in [0.5, 0.6) is 0 Å². The van der Waals surface area contributed by atoms with Gasteiger partial charge in [0.15, 0.2) is 4.75 Å². The highest BCUT2D eigenvalue weighted by molar-refractivity contribution is 8.07. The summed E-state index contributed by atoms with van der Waals surface area (Å²) in [7, 11) is -18.2. The fourth-order valence-electron chi connectivity index (χ4n) is 1.56. The Labute approximate surface area is 113 Å². The molecule has 122 valence electrons. The topological polar surface area (TPSA) is 224 Å². The molecule has 0 rings (SSSR count). The first-order valence-electron chi connectivity index (χ1n) is 4.42. The van der Waals surface area contributed by atoms with Crippen molar-refractivity contribution < 1.29 is 54.2 Å². The van der Waals surface area contributed by atoms with Gasteiger partial charge < -0.3 is 15.3 Å². The van der Waals surface area contributed by atoms with Crippen LogP contribution in [0, 0.1) is 0 Å². The van der Waals surface area contributed by atoms with E-state index in [0.29, 0.717) is 0 Å². The van der Waals surface area contributed by atoms with Crippen LogP contribution in [0.2, 0.25) is 0 Å². The largest absolute Gasteiger partial charge is 0.394 e. The highest BCUT2D eigenvalue weighted by Crippen LogP contribution is 2.40. The zero-order valence-electron chi connectivity index (χ0n) is 9.48. The van der Waals surface area contributed by atoms with Gasteiger partial charge in [0.2, 0.25) is 0 Å². The van der Waals surface area contributed by atoms with Gasteiger partial charge in [-0.25, -0.2) is 0 Å². The lowest BCUT2D eigenvalue weighted by Gasteiger charge is -2.39. The zero-order valence-corrected chi connectivity index (χ0v) is 11.9. The Kier molecular flexibility index (Phi) is 5.32. The lowest BCUT2D eigenvalue weighted by atomic mass is 10.1. The third-order valence-corrected chi connectivity index (χ3v) is 8.56. The maximum Gasteiger partial charge on any atom is 0.292 e. The average molecular weight is 360 g/mol. The van der Waals surface area contributed by atoms with Crippen molar-refractivity contribution in [3.63, 3.8) is 0 Å². The molecule has 0 aromatic heterocycles. The molecule has 6 N–H and O–H groups in total. The van der Waals surface area contributed by atoms with Crippen LogP contribution in [-0.2, 0) is 30.4 Å². The van der Waals surface area contributed by atoms with Crippen molar-refractivity contribution in [1.29, 1.82) is 0 Å². The van der Waals surface area contributed by atoms with Crippen molar-refractivity contribution in [3.05, 3.63) is 0 Å². The second kappa shape index (κ2) is 5.43. The summed E-state index contributed by atoms with van der Waals surface area (Å²) >= 11 is 0. The summed E-state index contributed by atoms with van der Waals surface area (Å²) in [5.74, 6) is 0. The number of aliphatic hydroxyl groups is 3. The van der Waals surface area contributed by atoms with E-state index in [9.17, 15) is 25.3 Å². The maximum atomic E-state index is 11.2. The summed E-state index contributed by atoms with van der Waals surface area (Å²) in [5.41, 5.74) is 0. The first kappa shape index (κ1) is 19.6. The fourth-order valence-corrected chi connectivity index (χ4v) is 6.20. The van der Waals surface area contributed by atoms with Crippen LogP contribution in [0.25, 0.3) is 0 Å². The molecule has 0 aromatic carbocycles. The van der Waals surface area contributed by atoms with Gasteiger partial charge in [0.25, 0.3) is 34.4 Å². The van der Waals surface area contributed by atoms with Gasteiger partial charge in [-0.2, -0.15) is 25.3 Å². The van der Waals surface area contributed by atoms with Gasteiger partial charge in [-0.15, -0.1) is 0 Å². The van der Waals surface area contributed by atoms with Gasteiger partial charge in [-0.1, -0.05) is 0 Å². The third-order valence-electron chi connectivity index (χ3n) is 2.74. The van der Waals surface area contributed by atoms with E-state index in [1.165, 1.54) is 0 Å². The fraction of sp³-hybridized carbons (Fsp3) is 1.00. The summed E-state index contributed by atoms with van der Waals surface area (Å²) in [6.07, 6.45) is 0. The molecule has 0 fully saturated rings. The summed E-state index contributed by atoms with van der Waals surface area (Å²) < 4.78 is 85.5. The predicted molar refractivity (Wildman–Crippen MR) is 61.4 cm³/mol. The van der Waals surface area contributed by atoms with E-state index in [-0.39, 0.29) is 0 Å². The van der Waals surface area contributed by atoms with Crippen LogP contribution in [0.3, 0.4) is 0 Å². The van der Waals surface area contributed by atoms with E-state index >= 15 is 0 Å². The van der Waals surface area contributed by atoms with Crippen molar-refractivity contribution in [2.75, 3.05) is 19.8 Å². The molecule has 0 bridgehead atoms. The first-order valence-corrected chi connectivity index (χ1v) is 8.74. The minimum atomic E-state index is -6.15. The van der Waals surface area contributed by atoms with E-state index in [2.05, 4.69) is 0 Å². The predicted octanol–water partition coefficient (Wildman–Crippen LogP) is -3.94. The van der Waals surface area contributed by atoms with E-state index in [1.54, 1.807) is 0 Å². The molecule has 0 spiro atoms. The maximum absolute atomic E-state index is 11.2. The number of hydrogen-bond donors (Lipinski definition) is 6. The van der Waals surface area contributed by atoms with E-state index < -0.39 is 59.0 Å². The Bertz CT molecular complexity index is 618. The Morgan fingerprint density at radius 1 is 0.600 bits per heavy atom. The molecule has 0 atom stereocenters. The zero-order chi connectivity index (χ0) is 16.6. The third kappa shape index (κ3) is 2.44. The number of aliphatic hydroxyl groups excluding tert-OH is 3. The molecule has 0 aliphatic heterocycles. The molecule has 15 heteroatoms. The summed E-state index contributed by atoms with van der Waals surface area (Å²) in [6, 6.07) is 0. The highest BCUT2D eigenvalue weighted by Gasteiger charge is 2.74. The van der Waals surface area contributed by atoms with E-state index in [1.807, 2.05) is 0 Å². The van der Waals surface area contributed by atoms with Crippen molar-refractivity contribution in [2.45, 2.75) is 8.83 Å². The highest BCUT2D eigenvalue weighted by atomic mass is 32.3. The van der Waals surface area contributed by atoms with Crippen LogP contribution in [0.1, 0.15) is 0 Å². The van der Waals surface area contributed by atoms with Gasteiger partial charge in [-0.05, 0) is 0 Å². The van der Waals surface area contributed by atoms with Crippen LogP contribution in [-0.4, -0.2) is 82.9 Å². The van der Waals surface area contributed by atoms with E-state index in [4.69, 9.17) is 29.0 Å². The van der Waals surface area contributed by atoms with Gasteiger partial charge in [0.1, 0.15) is 0 Å². The van der Waals surface area contributed by atoms with Crippen molar-refractivity contribution in [3.8, 4) is 0 Å². The lowest BCUT2D eigenvalue weighted by molar-refractivity contribution is 0.117. The Hall–Kier alpha value is -0.390. The van der Waals surface area contributed by atoms with Gasteiger partial charge in [0.05, 0.1) is 19.8 Å². The molecule has 0 unspecified atom stereocenters. The normalized spacial score (nSPS) is 15.3. The molecule has 0 radical (unpaired) electrons. The molecule has 20 heavy (non-hydrogen) atoms. The summed E-state index contributed by atoms with van der Waals surface area (Å²) in [6.45, 7) is -6.42. The molecular weight excluding hydrogens is 348 g/mol. The molecular formula is C5H12O12S3. The summed E-state index contributed by atoms with van der Waals surface area (Å²) in [4.78, 5) is 0. The second-order valence-electron chi connectivity index (χ2n) is 3.65. The second-order valence-corrected chi connectivity index (χ2v) is 8.93. The monoisotopic (exact) mass is 360 g/mol. The Morgan fingerprint density at radius 3 is 0.950 bits per heavy atom. The van der Waals surface area contributed by atoms with Gasteiger partial charge in [0, 0.05) is 0 Å². The molecule has 0 saturated heterocycles. The minimum absolute atomic E-state index is 2.07. The van der Waals surface area contributed by atoms with Gasteiger partial charge >= 0.3 is 0 Å². The van der Waals surface area contributed by atoms with Gasteiger partial charge in [-0.3, -0.25) is 13.7 Å². The van der Waals surface area contributed by atoms with Crippen LogP contribution in [0.15, 0.2) is 0 Å². The quantitative estimate of drug-likeness (QED) is 0.239. The van der Waals surface area contributed by atoms with Crippen molar-refractivity contribution >= 4 is 30.4 Å². The minimum Gasteiger partial charge on any atom is -0.394 e. The Balaban J connectivity index is 7.22. The Morgan fingerprint density at radius 2 is 0.900 bits per heavy atom. The average Bonchev–Trinajstić information content (AvgIpc) is 2.19. The molecule has 0 amide bonds. The molecule has 0 aliphatic rings. The van der Waals surface area contributed by atoms with Crippen LogP contribution in [0.4, 0.5) is 0 Å². The van der Waals surface area contributed by atoms with Crippen molar-refractivity contribution in [1.82, 2.24) is 0 Å². The lowest BCUT2D eigenvalue weighted by Crippen LogP contribution is -2.71.